The number of hydrogen-bond acceptors (Lipinski definition) is 4. The van der Waals surface area contributed by atoms with E-state index in [1.54, 1.807) is 31.2 Å². The van der Waals surface area contributed by atoms with Crippen molar-refractivity contribution in [2.75, 3.05) is 23.7 Å². The van der Waals surface area contributed by atoms with Crippen LogP contribution in [0.15, 0.2) is 53.0 Å². The van der Waals surface area contributed by atoms with E-state index >= 15 is 0 Å². The van der Waals surface area contributed by atoms with Gasteiger partial charge in [0, 0.05) is 17.6 Å². The highest BCUT2D eigenvalue weighted by atomic mass is 79.9. The first kappa shape index (κ1) is 26.9. The summed E-state index contributed by atoms with van der Waals surface area (Å²) in [7, 11) is -3.75. The average Bonchev–Trinajstić information content (AvgIpc) is 2.72. The van der Waals surface area contributed by atoms with Crippen LogP contribution in [0.2, 0.25) is 0 Å². The third-order valence-corrected chi connectivity index (χ3v) is 6.70. The van der Waals surface area contributed by atoms with Crippen LogP contribution >= 0.6 is 15.9 Å². The molecule has 0 unspecified atom stereocenters. The average molecular weight is 539 g/mol. The summed E-state index contributed by atoms with van der Waals surface area (Å²) in [5.41, 5.74) is 2.26. The highest BCUT2D eigenvalue weighted by molar-refractivity contribution is 9.10. The maximum absolute atomic E-state index is 13.5. The van der Waals surface area contributed by atoms with E-state index in [1.807, 2.05) is 45.0 Å². The number of sulfonamides is 1. The largest absolute Gasteiger partial charge is 0.354 e. The van der Waals surface area contributed by atoms with Crippen LogP contribution in [0.4, 0.5) is 5.69 Å². The summed E-state index contributed by atoms with van der Waals surface area (Å²) >= 11 is 3.34. The van der Waals surface area contributed by atoms with Gasteiger partial charge < -0.3 is 10.2 Å². The molecule has 2 rings (SSSR count). The minimum atomic E-state index is -3.75. The van der Waals surface area contributed by atoms with E-state index in [2.05, 4.69) is 21.2 Å². The standard InChI is InChI=1S/C24H32BrN3O4S/c1-17(2)14-26-24(30)19(4)27(15-20-9-6-8-18(3)12-20)23(29)16-28(33(5,31)32)22-11-7-10-21(25)13-22/h6-13,17,19H,14-16H2,1-5H3,(H,26,30)/t19-/m1/s1. The predicted molar refractivity (Wildman–Crippen MR) is 135 cm³/mol. The first-order chi connectivity index (χ1) is 15.4. The lowest BCUT2D eigenvalue weighted by molar-refractivity contribution is -0.139. The van der Waals surface area contributed by atoms with Crippen LogP contribution in [0.5, 0.6) is 0 Å². The lowest BCUT2D eigenvalue weighted by atomic mass is 10.1. The number of amides is 2. The molecule has 0 fully saturated rings. The third-order valence-electron chi connectivity index (χ3n) is 5.06. The number of hydrogen-bond donors (Lipinski definition) is 1. The number of nitrogens with zero attached hydrogens (tertiary/aromatic N) is 2. The fraction of sp³-hybridized carbons (Fsp3) is 0.417. The molecule has 2 amide bonds. The first-order valence-electron chi connectivity index (χ1n) is 10.7. The molecule has 0 aromatic heterocycles. The van der Waals surface area contributed by atoms with E-state index < -0.39 is 28.5 Å². The molecule has 9 heteroatoms. The Morgan fingerprint density at radius 2 is 1.73 bits per heavy atom. The number of benzene rings is 2. The fourth-order valence-electron chi connectivity index (χ4n) is 3.29. The second kappa shape index (κ2) is 11.7. The molecule has 2 aromatic carbocycles. The van der Waals surface area contributed by atoms with Crippen molar-refractivity contribution in [3.05, 3.63) is 64.1 Å². The van der Waals surface area contributed by atoms with Crippen molar-refractivity contribution >= 4 is 43.5 Å². The second-order valence-electron chi connectivity index (χ2n) is 8.58. The molecule has 0 spiro atoms. The molecule has 1 N–H and O–H groups in total. The minimum absolute atomic E-state index is 0.187. The van der Waals surface area contributed by atoms with Gasteiger partial charge in [0.15, 0.2) is 0 Å². The molecule has 7 nitrogen and oxygen atoms in total. The summed E-state index contributed by atoms with van der Waals surface area (Å²) in [5.74, 6) is -0.480. The van der Waals surface area contributed by atoms with Crippen LogP contribution in [-0.2, 0) is 26.2 Å². The normalized spacial score (nSPS) is 12.3. The number of carbonyl (C=O) groups is 2. The molecule has 0 aliphatic heterocycles. The van der Waals surface area contributed by atoms with Gasteiger partial charge in [-0.1, -0.05) is 65.7 Å². The Morgan fingerprint density at radius 3 is 2.30 bits per heavy atom. The van der Waals surface area contributed by atoms with Crippen molar-refractivity contribution < 1.29 is 18.0 Å². The Hall–Kier alpha value is -2.39. The maximum atomic E-state index is 13.5. The molecule has 180 valence electrons. The summed E-state index contributed by atoms with van der Waals surface area (Å²) in [6.07, 6.45) is 1.06. The van der Waals surface area contributed by atoms with Crippen LogP contribution in [0.3, 0.4) is 0 Å². The first-order valence-corrected chi connectivity index (χ1v) is 13.4. The van der Waals surface area contributed by atoms with E-state index in [-0.39, 0.29) is 18.4 Å². The molecule has 0 saturated heterocycles. The van der Waals surface area contributed by atoms with Crippen molar-refractivity contribution in [2.24, 2.45) is 5.92 Å². The number of nitrogens with one attached hydrogen (secondary N) is 1. The van der Waals surface area contributed by atoms with Gasteiger partial charge in [-0.2, -0.15) is 0 Å². The predicted octanol–water partition coefficient (Wildman–Crippen LogP) is 3.71. The van der Waals surface area contributed by atoms with E-state index in [1.165, 1.54) is 4.90 Å². The zero-order valence-electron chi connectivity index (χ0n) is 19.7. The Kier molecular flexibility index (Phi) is 9.48. The second-order valence-corrected chi connectivity index (χ2v) is 11.4. The Morgan fingerprint density at radius 1 is 1.06 bits per heavy atom. The highest BCUT2D eigenvalue weighted by Gasteiger charge is 2.30. The lowest BCUT2D eigenvalue weighted by Crippen LogP contribution is -2.51. The molecule has 1 atom stereocenters. The molecule has 0 heterocycles. The molecule has 2 aromatic rings. The van der Waals surface area contributed by atoms with E-state index in [9.17, 15) is 18.0 Å². The summed E-state index contributed by atoms with van der Waals surface area (Å²) in [6, 6.07) is 13.6. The zero-order valence-corrected chi connectivity index (χ0v) is 22.1. The minimum Gasteiger partial charge on any atom is -0.354 e. The van der Waals surface area contributed by atoms with E-state index in [0.29, 0.717) is 16.7 Å². The SMILES string of the molecule is Cc1cccc(CN(C(=O)CN(c2cccc(Br)c2)S(C)(=O)=O)[C@H](C)C(=O)NCC(C)C)c1. The van der Waals surface area contributed by atoms with Crippen molar-refractivity contribution in [1.82, 2.24) is 10.2 Å². The van der Waals surface area contributed by atoms with Gasteiger partial charge in [-0.25, -0.2) is 8.42 Å². The molecule has 0 radical (unpaired) electrons. The zero-order chi connectivity index (χ0) is 24.8. The van der Waals surface area contributed by atoms with Gasteiger partial charge in [0.25, 0.3) is 0 Å². The third kappa shape index (κ3) is 8.16. The molecule has 33 heavy (non-hydrogen) atoms. The molecule has 0 saturated carbocycles. The number of carbonyl (C=O) groups excluding carboxylic acids is 2. The van der Waals surface area contributed by atoms with Crippen molar-refractivity contribution in [1.29, 1.82) is 0 Å². The van der Waals surface area contributed by atoms with Crippen LogP contribution in [0.25, 0.3) is 0 Å². The number of rotatable bonds is 10. The molecular weight excluding hydrogens is 506 g/mol. The summed E-state index contributed by atoms with van der Waals surface area (Å²) < 4.78 is 26.8. The molecule has 0 aliphatic rings. The van der Waals surface area contributed by atoms with Crippen LogP contribution in [0, 0.1) is 12.8 Å². The topological polar surface area (TPSA) is 86.8 Å². The molecule has 0 aliphatic carbocycles. The lowest BCUT2D eigenvalue weighted by Gasteiger charge is -2.31. The summed E-state index contributed by atoms with van der Waals surface area (Å²) in [6.45, 7) is 7.85. The van der Waals surface area contributed by atoms with Gasteiger partial charge in [0.05, 0.1) is 11.9 Å². The Balaban J connectivity index is 2.36. The van der Waals surface area contributed by atoms with Gasteiger partial charge in [0.1, 0.15) is 12.6 Å². The Bertz CT molecular complexity index is 1090. The molecular formula is C24H32BrN3O4S. The quantitative estimate of drug-likeness (QED) is 0.500. The van der Waals surface area contributed by atoms with Gasteiger partial charge in [-0.15, -0.1) is 0 Å². The number of aryl methyl sites for hydroxylation is 1. The maximum Gasteiger partial charge on any atom is 0.244 e. The monoisotopic (exact) mass is 537 g/mol. The van der Waals surface area contributed by atoms with Gasteiger partial charge in [-0.3, -0.25) is 13.9 Å². The van der Waals surface area contributed by atoms with Gasteiger partial charge >= 0.3 is 0 Å². The van der Waals surface area contributed by atoms with Crippen LogP contribution < -0.4 is 9.62 Å². The van der Waals surface area contributed by atoms with Crippen molar-refractivity contribution in [2.45, 2.75) is 40.3 Å². The van der Waals surface area contributed by atoms with E-state index in [4.69, 9.17) is 0 Å². The van der Waals surface area contributed by atoms with Gasteiger partial charge in [0.2, 0.25) is 21.8 Å². The van der Waals surface area contributed by atoms with Crippen LogP contribution in [-0.4, -0.2) is 50.5 Å². The Labute approximate surface area is 205 Å². The smallest absolute Gasteiger partial charge is 0.244 e. The van der Waals surface area contributed by atoms with Gasteiger partial charge in [-0.05, 0) is 43.5 Å². The number of anilines is 1. The summed E-state index contributed by atoms with van der Waals surface area (Å²) in [5, 5.41) is 2.87. The van der Waals surface area contributed by atoms with Crippen LogP contribution in [0.1, 0.15) is 31.9 Å². The van der Waals surface area contributed by atoms with Crippen molar-refractivity contribution in [3.63, 3.8) is 0 Å². The fourth-order valence-corrected chi connectivity index (χ4v) is 4.52. The summed E-state index contributed by atoms with van der Waals surface area (Å²) in [4.78, 5) is 27.7. The molecule has 0 bridgehead atoms. The van der Waals surface area contributed by atoms with E-state index in [0.717, 1.165) is 21.7 Å². The highest BCUT2D eigenvalue weighted by Crippen LogP contribution is 2.23. The number of halogens is 1. The van der Waals surface area contributed by atoms with Crippen molar-refractivity contribution in [3.8, 4) is 0 Å².